The van der Waals surface area contributed by atoms with Crippen LogP contribution in [-0.2, 0) is 0 Å². The Morgan fingerprint density at radius 1 is 0.895 bits per heavy atom. The Bertz CT molecular complexity index is 745. The Hall–Kier alpha value is -1.67. The zero-order valence-electron chi connectivity index (χ0n) is 11.7. The molecule has 2 aromatic carbocycles. The smallest absolute Gasteiger partial charge is 0.0907 e. The molecule has 0 atom stereocenters. The van der Waals surface area contributed by atoms with Crippen molar-refractivity contribution in [2.75, 3.05) is 0 Å². The van der Waals surface area contributed by atoms with Crippen LogP contribution in [-0.4, -0.2) is 4.98 Å². The molecular formula is C17H17NS. The fourth-order valence-corrected chi connectivity index (χ4v) is 3.64. The highest BCUT2D eigenvalue weighted by Crippen LogP contribution is 2.32. The molecule has 3 rings (SSSR count). The first-order valence-electron chi connectivity index (χ1n) is 6.50. The molecule has 1 aromatic heterocycles. The molecule has 0 N–H and O–H groups in total. The molecule has 19 heavy (non-hydrogen) atoms. The zero-order chi connectivity index (χ0) is 13.6. The maximum atomic E-state index is 4.59. The normalized spacial score (nSPS) is 11.2. The van der Waals surface area contributed by atoms with E-state index >= 15 is 0 Å². The molecule has 1 nitrogen and oxygen atoms in total. The molecule has 1 heterocycles. The fraction of sp³-hybridized carbons (Fsp3) is 0.235. The van der Waals surface area contributed by atoms with Gasteiger partial charge in [-0.05, 0) is 62.1 Å². The van der Waals surface area contributed by atoms with Crippen molar-refractivity contribution >= 4 is 21.6 Å². The lowest BCUT2D eigenvalue weighted by atomic mass is 9.94. The topological polar surface area (TPSA) is 12.9 Å². The van der Waals surface area contributed by atoms with Crippen LogP contribution in [0.3, 0.4) is 0 Å². The first-order valence-corrected chi connectivity index (χ1v) is 7.31. The van der Waals surface area contributed by atoms with Gasteiger partial charge < -0.3 is 0 Å². The van der Waals surface area contributed by atoms with E-state index in [0.717, 1.165) is 10.5 Å². The van der Waals surface area contributed by atoms with Crippen LogP contribution < -0.4 is 0 Å². The van der Waals surface area contributed by atoms with Gasteiger partial charge in [-0.2, -0.15) is 0 Å². The molecular weight excluding hydrogens is 250 g/mol. The lowest BCUT2D eigenvalue weighted by Crippen LogP contribution is -1.90. The number of nitrogens with zero attached hydrogens (tertiary/aromatic N) is 1. The van der Waals surface area contributed by atoms with E-state index in [1.54, 1.807) is 11.3 Å². The summed E-state index contributed by atoms with van der Waals surface area (Å²) < 4.78 is 1.27. The number of aromatic nitrogens is 1. The third-order valence-electron chi connectivity index (χ3n) is 3.46. The SMILES string of the molecule is Cc1cc(C)c(-c2ccc3sc(C)nc3c2)c(C)c1. The fourth-order valence-electron chi connectivity index (χ4n) is 2.83. The van der Waals surface area contributed by atoms with Crippen molar-refractivity contribution < 1.29 is 0 Å². The van der Waals surface area contributed by atoms with Gasteiger partial charge in [0.2, 0.25) is 0 Å². The molecule has 0 aliphatic carbocycles. The van der Waals surface area contributed by atoms with Crippen molar-refractivity contribution in [3.8, 4) is 11.1 Å². The van der Waals surface area contributed by atoms with E-state index in [-0.39, 0.29) is 0 Å². The molecule has 0 aliphatic heterocycles. The van der Waals surface area contributed by atoms with Gasteiger partial charge in [0.05, 0.1) is 15.2 Å². The van der Waals surface area contributed by atoms with Crippen molar-refractivity contribution in [1.82, 2.24) is 4.98 Å². The third-order valence-corrected chi connectivity index (χ3v) is 4.41. The van der Waals surface area contributed by atoms with Crippen LogP contribution in [0.5, 0.6) is 0 Å². The summed E-state index contributed by atoms with van der Waals surface area (Å²) in [6, 6.07) is 11.1. The molecule has 2 heteroatoms. The van der Waals surface area contributed by atoms with Gasteiger partial charge >= 0.3 is 0 Å². The van der Waals surface area contributed by atoms with Crippen molar-refractivity contribution in [1.29, 1.82) is 0 Å². The Labute approximate surface area is 117 Å². The van der Waals surface area contributed by atoms with Crippen LogP contribution in [0.2, 0.25) is 0 Å². The van der Waals surface area contributed by atoms with Gasteiger partial charge in [0, 0.05) is 0 Å². The molecule has 0 saturated carbocycles. The predicted molar refractivity (Wildman–Crippen MR) is 84.0 cm³/mol. The van der Waals surface area contributed by atoms with E-state index in [9.17, 15) is 0 Å². The van der Waals surface area contributed by atoms with Crippen molar-refractivity contribution in [3.63, 3.8) is 0 Å². The minimum Gasteiger partial charge on any atom is -0.241 e. The number of rotatable bonds is 1. The highest BCUT2D eigenvalue weighted by atomic mass is 32.1. The van der Waals surface area contributed by atoms with E-state index in [2.05, 4.69) is 63.0 Å². The molecule has 0 bridgehead atoms. The third kappa shape index (κ3) is 2.17. The molecule has 96 valence electrons. The molecule has 0 spiro atoms. The van der Waals surface area contributed by atoms with Crippen LogP contribution in [0.25, 0.3) is 21.3 Å². The molecule has 0 fully saturated rings. The standard InChI is InChI=1S/C17H17NS/c1-10-7-11(2)17(12(3)8-10)14-5-6-16-15(9-14)18-13(4)19-16/h5-9H,1-4H3. The molecule has 0 aliphatic rings. The molecule has 3 aromatic rings. The number of thiazole rings is 1. The van der Waals surface area contributed by atoms with Crippen LogP contribution >= 0.6 is 11.3 Å². The Morgan fingerprint density at radius 3 is 2.26 bits per heavy atom. The first-order chi connectivity index (χ1) is 9.04. The first kappa shape index (κ1) is 12.4. The second-order valence-electron chi connectivity index (χ2n) is 5.19. The molecule has 0 unspecified atom stereocenters. The zero-order valence-corrected chi connectivity index (χ0v) is 12.6. The van der Waals surface area contributed by atoms with Crippen LogP contribution in [0.1, 0.15) is 21.7 Å². The average molecular weight is 267 g/mol. The summed E-state index contributed by atoms with van der Waals surface area (Å²) in [6.45, 7) is 8.58. The van der Waals surface area contributed by atoms with E-state index in [0.29, 0.717) is 0 Å². The molecule has 0 radical (unpaired) electrons. The minimum atomic E-state index is 1.11. The summed E-state index contributed by atoms with van der Waals surface area (Å²) in [5.74, 6) is 0. The monoisotopic (exact) mass is 267 g/mol. The van der Waals surface area contributed by atoms with Crippen molar-refractivity contribution in [2.45, 2.75) is 27.7 Å². The van der Waals surface area contributed by atoms with Gasteiger partial charge in [-0.1, -0.05) is 23.8 Å². The largest absolute Gasteiger partial charge is 0.241 e. The number of hydrogen-bond acceptors (Lipinski definition) is 2. The predicted octanol–water partition coefficient (Wildman–Crippen LogP) is 5.20. The number of hydrogen-bond donors (Lipinski definition) is 0. The van der Waals surface area contributed by atoms with E-state index in [4.69, 9.17) is 0 Å². The number of fused-ring (bicyclic) bond motifs is 1. The Kier molecular flexibility index (Phi) is 2.90. The second kappa shape index (κ2) is 4.46. The summed E-state index contributed by atoms with van der Waals surface area (Å²) in [5.41, 5.74) is 7.72. The van der Waals surface area contributed by atoms with Gasteiger partial charge in [-0.15, -0.1) is 11.3 Å². The van der Waals surface area contributed by atoms with Gasteiger partial charge in [-0.3, -0.25) is 0 Å². The van der Waals surface area contributed by atoms with Gasteiger partial charge in [0.15, 0.2) is 0 Å². The Morgan fingerprint density at radius 2 is 1.58 bits per heavy atom. The maximum Gasteiger partial charge on any atom is 0.0907 e. The number of aryl methyl sites for hydroxylation is 4. The maximum absolute atomic E-state index is 4.59. The van der Waals surface area contributed by atoms with Crippen LogP contribution in [0.4, 0.5) is 0 Å². The summed E-state index contributed by atoms with van der Waals surface area (Å²) in [5, 5.41) is 1.13. The van der Waals surface area contributed by atoms with Crippen molar-refractivity contribution in [3.05, 3.63) is 52.0 Å². The summed E-state index contributed by atoms with van der Waals surface area (Å²) >= 11 is 1.76. The summed E-state index contributed by atoms with van der Waals surface area (Å²) in [4.78, 5) is 4.59. The minimum absolute atomic E-state index is 1.11. The van der Waals surface area contributed by atoms with E-state index < -0.39 is 0 Å². The highest BCUT2D eigenvalue weighted by Gasteiger charge is 2.08. The summed E-state index contributed by atoms with van der Waals surface area (Å²) in [7, 11) is 0. The van der Waals surface area contributed by atoms with Gasteiger partial charge in [0.1, 0.15) is 0 Å². The number of benzene rings is 2. The lowest BCUT2D eigenvalue weighted by molar-refractivity contribution is 1.32. The quantitative estimate of drug-likeness (QED) is 0.590. The molecule has 0 amide bonds. The lowest BCUT2D eigenvalue weighted by Gasteiger charge is -2.11. The Balaban J connectivity index is 2.24. The second-order valence-corrected chi connectivity index (χ2v) is 6.42. The van der Waals surface area contributed by atoms with Crippen LogP contribution in [0.15, 0.2) is 30.3 Å². The van der Waals surface area contributed by atoms with E-state index in [1.165, 1.54) is 32.5 Å². The molecule has 0 saturated heterocycles. The van der Waals surface area contributed by atoms with Gasteiger partial charge in [-0.25, -0.2) is 4.98 Å². The van der Waals surface area contributed by atoms with E-state index in [1.807, 2.05) is 0 Å². The van der Waals surface area contributed by atoms with Crippen molar-refractivity contribution in [2.24, 2.45) is 0 Å². The highest BCUT2D eigenvalue weighted by molar-refractivity contribution is 7.18. The average Bonchev–Trinajstić information content (AvgIpc) is 2.67. The van der Waals surface area contributed by atoms with Crippen LogP contribution in [0, 0.1) is 27.7 Å². The van der Waals surface area contributed by atoms with Gasteiger partial charge in [0.25, 0.3) is 0 Å². The summed E-state index contributed by atoms with van der Waals surface area (Å²) in [6.07, 6.45) is 0.